The molecular weight excluding hydrogens is 185 g/mol. The normalized spacial score (nSPS) is 21.1. The van der Waals surface area contributed by atoms with Gasteiger partial charge in [-0.15, -0.1) is 0 Å². The van der Waals surface area contributed by atoms with Crippen molar-refractivity contribution in [3.05, 3.63) is 24.3 Å². The Hall–Kier alpha value is -1.16. The Labute approximate surface area is 81.9 Å². The lowest BCUT2D eigenvalue weighted by molar-refractivity contribution is 0.0665. The summed E-state index contributed by atoms with van der Waals surface area (Å²) in [6.07, 6.45) is 5.78. The van der Waals surface area contributed by atoms with Crippen molar-refractivity contribution < 1.29 is 13.9 Å². The summed E-state index contributed by atoms with van der Waals surface area (Å²) >= 11 is 0. The van der Waals surface area contributed by atoms with E-state index in [0.717, 1.165) is 19.4 Å². The Morgan fingerprint density at radius 2 is 2.64 bits per heavy atom. The molecule has 1 aliphatic rings. The minimum atomic E-state index is -0.550. The van der Waals surface area contributed by atoms with Gasteiger partial charge in [-0.25, -0.2) is 4.39 Å². The summed E-state index contributed by atoms with van der Waals surface area (Å²) in [6.45, 7) is 1.17. The molecule has 0 N–H and O–H groups in total. The lowest BCUT2D eigenvalue weighted by atomic mass is 10.2. The Morgan fingerprint density at radius 3 is 3.36 bits per heavy atom. The van der Waals surface area contributed by atoms with E-state index in [2.05, 4.69) is 11.2 Å². The monoisotopic (exact) mass is 196 g/mol. The van der Waals surface area contributed by atoms with Gasteiger partial charge in [0.1, 0.15) is 12.8 Å². The zero-order chi connectivity index (χ0) is 9.80. The fraction of sp³-hybridized carbons (Fsp3) is 0.500. The molecule has 0 aliphatic carbocycles. The topological polar surface area (TPSA) is 31.4 Å². The lowest BCUT2D eigenvalue weighted by Gasteiger charge is -2.11. The number of aromatic nitrogens is 1. The predicted octanol–water partition coefficient (Wildman–Crippen LogP) is 1.58. The van der Waals surface area contributed by atoms with E-state index in [0.29, 0.717) is 6.61 Å². The fourth-order valence-corrected chi connectivity index (χ4v) is 1.40. The first-order chi connectivity index (χ1) is 6.86. The highest BCUT2D eigenvalue weighted by Crippen LogP contribution is 2.17. The van der Waals surface area contributed by atoms with E-state index in [4.69, 9.17) is 9.47 Å². The summed E-state index contributed by atoms with van der Waals surface area (Å²) in [5, 5.41) is 0. The van der Waals surface area contributed by atoms with Crippen LogP contribution in [0.2, 0.25) is 0 Å². The van der Waals surface area contributed by atoms with Crippen molar-refractivity contribution in [2.75, 3.05) is 13.2 Å². The molecule has 0 spiro atoms. The largest absolute Gasteiger partial charge is 0.488 e. The van der Waals surface area contributed by atoms with Gasteiger partial charge in [0.2, 0.25) is 0 Å². The summed E-state index contributed by atoms with van der Waals surface area (Å²) in [7, 11) is 0. The van der Waals surface area contributed by atoms with Crippen molar-refractivity contribution in [2.45, 2.75) is 18.9 Å². The number of pyridine rings is 1. The third-order valence-corrected chi connectivity index (χ3v) is 2.13. The van der Waals surface area contributed by atoms with Gasteiger partial charge in [0.15, 0.2) is 11.6 Å². The zero-order valence-corrected chi connectivity index (χ0v) is 7.70. The van der Waals surface area contributed by atoms with Crippen LogP contribution in [0.25, 0.3) is 0 Å². The zero-order valence-electron chi connectivity index (χ0n) is 7.70. The summed E-state index contributed by atoms with van der Waals surface area (Å²) in [4.78, 5) is 3.51. The molecule has 3 nitrogen and oxygen atoms in total. The average molecular weight is 196 g/mol. The third kappa shape index (κ3) is 2.20. The van der Waals surface area contributed by atoms with Crippen molar-refractivity contribution >= 4 is 0 Å². The van der Waals surface area contributed by atoms with Gasteiger partial charge in [0, 0.05) is 18.9 Å². The molecule has 1 fully saturated rings. The molecular formula is C10H11FNO2. The molecule has 1 atom stereocenters. The molecule has 1 aromatic rings. The number of rotatable bonds is 3. The van der Waals surface area contributed by atoms with E-state index in [-0.39, 0.29) is 11.9 Å². The van der Waals surface area contributed by atoms with Gasteiger partial charge in [-0.1, -0.05) is 0 Å². The van der Waals surface area contributed by atoms with Gasteiger partial charge in [0.05, 0.1) is 6.10 Å². The fourth-order valence-electron chi connectivity index (χ4n) is 1.40. The smallest absolute Gasteiger partial charge is 0.192 e. The highest BCUT2D eigenvalue weighted by atomic mass is 19.1. The maximum atomic E-state index is 13.0. The number of hydrogen-bond donors (Lipinski definition) is 0. The third-order valence-electron chi connectivity index (χ3n) is 2.13. The van der Waals surface area contributed by atoms with E-state index >= 15 is 0 Å². The number of hydrogen-bond acceptors (Lipinski definition) is 3. The van der Waals surface area contributed by atoms with Crippen LogP contribution in [0.3, 0.4) is 0 Å². The summed E-state index contributed by atoms with van der Waals surface area (Å²) in [6, 6.07) is 1.49. The molecule has 1 aromatic heterocycles. The van der Waals surface area contributed by atoms with Crippen LogP contribution in [0.4, 0.5) is 4.39 Å². The Morgan fingerprint density at radius 1 is 1.71 bits per heavy atom. The van der Waals surface area contributed by atoms with E-state index in [1.54, 1.807) is 0 Å². The SMILES string of the molecule is Fc1[c]nccc1OCC1CCCO1. The van der Waals surface area contributed by atoms with Crippen LogP contribution < -0.4 is 4.74 Å². The first kappa shape index (κ1) is 9.40. The first-order valence-electron chi connectivity index (χ1n) is 4.63. The Kier molecular flexibility index (Phi) is 2.93. The van der Waals surface area contributed by atoms with Gasteiger partial charge in [-0.2, -0.15) is 0 Å². The Balaban J connectivity index is 1.88. The van der Waals surface area contributed by atoms with E-state index in [1.807, 2.05) is 0 Å². The van der Waals surface area contributed by atoms with Gasteiger partial charge in [-0.05, 0) is 12.8 Å². The minimum absolute atomic E-state index is 0.0996. The molecule has 1 unspecified atom stereocenters. The van der Waals surface area contributed by atoms with Crippen molar-refractivity contribution in [3.63, 3.8) is 0 Å². The van der Waals surface area contributed by atoms with E-state index in [9.17, 15) is 4.39 Å². The number of ether oxygens (including phenoxy) is 2. The highest BCUT2D eigenvalue weighted by Gasteiger charge is 2.16. The minimum Gasteiger partial charge on any atom is -0.488 e. The molecule has 0 aromatic carbocycles. The molecule has 14 heavy (non-hydrogen) atoms. The quantitative estimate of drug-likeness (QED) is 0.735. The van der Waals surface area contributed by atoms with Crippen LogP contribution in [0, 0.1) is 12.0 Å². The average Bonchev–Trinajstić information content (AvgIpc) is 2.69. The van der Waals surface area contributed by atoms with Gasteiger partial charge >= 0.3 is 0 Å². The van der Waals surface area contributed by atoms with E-state index < -0.39 is 5.82 Å². The molecule has 2 heterocycles. The Bertz CT molecular complexity index is 300. The summed E-state index contributed by atoms with van der Waals surface area (Å²) < 4.78 is 23.6. The number of halogens is 1. The molecule has 75 valence electrons. The molecule has 4 heteroatoms. The maximum absolute atomic E-state index is 13.0. The van der Waals surface area contributed by atoms with Crippen molar-refractivity contribution in [1.29, 1.82) is 0 Å². The summed E-state index contributed by atoms with van der Waals surface area (Å²) in [5.74, 6) is -0.360. The molecule has 1 aliphatic heterocycles. The van der Waals surface area contributed by atoms with Crippen LogP contribution >= 0.6 is 0 Å². The molecule has 0 bridgehead atoms. The van der Waals surface area contributed by atoms with Gasteiger partial charge in [-0.3, -0.25) is 4.98 Å². The van der Waals surface area contributed by atoms with Gasteiger partial charge in [0.25, 0.3) is 0 Å². The molecule has 1 radical (unpaired) electrons. The second kappa shape index (κ2) is 4.37. The second-order valence-corrected chi connectivity index (χ2v) is 3.18. The predicted molar refractivity (Wildman–Crippen MR) is 47.5 cm³/mol. The molecule has 2 rings (SSSR count). The van der Waals surface area contributed by atoms with Crippen LogP contribution in [0.1, 0.15) is 12.8 Å². The van der Waals surface area contributed by atoms with Crippen LogP contribution in [0.5, 0.6) is 5.75 Å². The van der Waals surface area contributed by atoms with Crippen LogP contribution in [-0.4, -0.2) is 24.3 Å². The highest BCUT2D eigenvalue weighted by molar-refractivity contribution is 5.18. The van der Waals surface area contributed by atoms with Crippen LogP contribution in [-0.2, 0) is 4.74 Å². The summed E-state index contributed by atoms with van der Waals surface area (Å²) in [5.41, 5.74) is 0. The van der Waals surface area contributed by atoms with Crippen molar-refractivity contribution in [2.24, 2.45) is 0 Å². The standard InChI is InChI=1S/C10H11FNO2/c11-9-6-12-4-3-10(9)14-7-8-2-1-5-13-8/h3-4,8H,1-2,5,7H2. The van der Waals surface area contributed by atoms with Crippen molar-refractivity contribution in [1.82, 2.24) is 4.98 Å². The van der Waals surface area contributed by atoms with Crippen molar-refractivity contribution in [3.8, 4) is 5.75 Å². The maximum Gasteiger partial charge on any atom is 0.192 e. The first-order valence-corrected chi connectivity index (χ1v) is 4.63. The molecule has 0 amide bonds. The lowest BCUT2D eigenvalue weighted by Crippen LogP contribution is -2.16. The molecule has 0 saturated carbocycles. The van der Waals surface area contributed by atoms with Crippen LogP contribution in [0.15, 0.2) is 12.3 Å². The van der Waals surface area contributed by atoms with E-state index in [1.165, 1.54) is 12.3 Å². The number of nitrogens with zero attached hydrogens (tertiary/aromatic N) is 1. The van der Waals surface area contributed by atoms with Gasteiger partial charge < -0.3 is 9.47 Å². The second-order valence-electron chi connectivity index (χ2n) is 3.18. The molecule has 1 saturated heterocycles.